The molecule has 30 heavy (non-hydrogen) atoms. The standard InChI is InChI=1S/C22H19N3O5/c1-13-5-4-8-16-20(13)23-17(24-21(16)28)12-30-19(27)9-10-25-18(26)11-14-6-2-3-7-15(14)22(25)29/h2-8H,9-12H2,1H3,(H,23,24,28). The van der Waals surface area contributed by atoms with Gasteiger partial charge in [0.25, 0.3) is 11.5 Å². The lowest BCUT2D eigenvalue weighted by atomic mass is 9.98. The van der Waals surface area contributed by atoms with Crippen LogP contribution < -0.4 is 5.56 Å². The summed E-state index contributed by atoms with van der Waals surface area (Å²) in [5.41, 5.74) is 2.24. The first-order valence-electron chi connectivity index (χ1n) is 9.51. The number of aryl methyl sites for hydroxylation is 1. The molecule has 0 spiro atoms. The largest absolute Gasteiger partial charge is 0.457 e. The van der Waals surface area contributed by atoms with Crippen LogP contribution in [-0.2, 0) is 27.4 Å². The van der Waals surface area contributed by atoms with Crippen molar-refractivity contribution in [2.24, 2.45) is 0 Å². The fourth-order valence-corrected chi connectivity index (χ4v) is 3.47. The number of nitrogens with one attached hydrogen (secondary N) is 1. The zero-order valence-electron chi connectivity index (χ0n) is 16.3. The maximum atomic E-state index is 12.5. The van der Waals surface area contributed by atoms with E-state index >= 15 is 0 Å². The minimum Gasteiger partial charge on any atom is -0.457 e. The number of imide groups is 1. The van der Waals surface area contributed by atoms with Crippen molar-refractivity contribution >= 4 is 28.7 Å². The number of carbonyl (C=O) groups excluding carboxylic acids is 3. The molecular formula is C22H19N3O5. The zero-order valence-corrected chi connectivity index (χ0v) is 16.3. The average molecular weight is 405 g/mol. The second-order valence-electron chi connectivity index (χ2n) is 7.08. The van der Waals surface area contributed by atoms with Crippen molar-refractivity contribution in [1.82, 2.24) is 14.9 Å². The summed E-state index contributed by atoms with van der Waals surface area (Å²) in [6.07, 6.45) is -0.0188. The highest BCUT2D eigenvalue weighted by Gasteiger charge is 2.30. The van der Waals surface area contributed by atoms with Gasteiger partial charge in [-0.05, 0) is 30.2 Å². The molecule has 2 aromatic carbocycles. The molecule has 152 valence electrons. The number of hydrogen-bond donors (Lipinski definition) is 1. The molecule has 8 nitrogen and oxygen atoms in total. The summed E-state index contributed by atoms with van der Waals surface area (Å²) < 4.78 is 5.18. The number of amides is 2. The summed E-state index contributed by atoms with van der Waals surface area (Å²) in [6.45, 7) is 1.57. The molecule has 2 amide bonds. The van der Waals surface area contributed by atoms with Crippen LogP contribution in [0.3, 0.4) is 0 Å². The van der Waals surface area contributed by atoms with Gasteiger partial charge >= 0.3 is 5.97 Å². The van der Waals surface area contributed by atoms with E-state index < -0.39 is 11.9 Å². The molecule has 0 aliphatic carbocycles. The van der Waals surface area contributed by atoms with E-state index in [2.05, 4.69) is 9.97 Å². The highest BCUT2D eigenvalue weighted by molar-refractivity contribution is 6.09. The SMILES string of the molecule is Cc1cccc2c(=O)[nH]c(COC(=O)CCN3C(=O)Cc4ccccc4C3=O)nc12. The Labute approximate surface area is 171 Å². The van der Waals surface area contributed by atoms with Crippen molar-refractivity contribution in [3.8, 4) is 0 Å². The van der Waals surface area contributed by atoms with Crippen molar-refractivity contribution in [1.29, 1.82) is 0 Å². The number of aromatic nitrogens is 2. The number of hydrogen-bond acceptors (Lipinski definition) is 6. The molecule has 0 saturated heterocycles. The average Bonchev–Trinajstić information content (AvgIpc) is 2.73. The monoisotopic (exact) mass is 405 g/mol. The molecular weight excluding hydrogens is 386 g/mol. The van der Waals surface area contributed by atoms with Crippen LogP contribution in [0, 0.1) is 6.92 Å². The van der Waals surface area contributed by atoms with Crippen LogP contribution in [-0.4, -0.2) is 39.2 Å². The minimum absolute atomic E-state index is 0.0639. The molecule has 0 bridgehead atoms. The van der Waals surface area contributed by atoms with Gasteiger partial charge in [-0.1, -0.05) is 30.3 Å². The number of para-hydroxylation sites is 1. The van der Waals surface area contributed by atoms with Crippen LogP contribution in [0.15, 0.2) is 47.3 Å². The first-order chi connectivity index (χ1) is 14.4. The highest BCUT2D eigenvalue weighted by Crippen LogP contribution is 2.20. The molecule has 0 fully saturated rings. The van der Waals surface area contributed by atoms with Crippen LogP contribution in [0.4, 0.5) is 0 Å². The number of H-pyrrole nitrogens is 1. The Kier molecular flexibility index (Phi) is 5.14. The first-order valence-corrected chi connectivity index (χ1v) is 9.51. The molecule has 1 aliphatic rings. The summed E-state index contributed by atoms with van der Waals surface area (Å²) >= 11 is 0. The number of aromatic amines is 1. The molecule has 0 saturated carbocycles. The summed E-state index contributed by atoms with van der Waals surface area (Å²) in [5.74, 6) is -1.12. The van der Waals surface area contributed by atoms with Crippen LogP contribution in [0.5, 0.6) is 0 Å². The summed E-state index contributed by atoms with van der Waals surface area (Å²) in [4.78, 5) is 57.1. The van der Waals surface area contributed by atoms with Gasteiger partial charge in [0.15, 0.2) is 0 Å². The minimum atomic E-state index is -0.595. The summed E-state index contributed by atoms with van der Waals surface area (Å²) in [7, 11) is 0. The molecule has 3 aromatic rings. The van der Waals surface area contributed by atoms with Crippen molar-refractivity contribution < 1.29 is 19.1 Å². The van der Waals surface area contributed by atoms with E-state index in [1.165, 1.54) is 0 Å². The van der Waals surface area contributed by atoms with Gasteiger partial charge in [-0.3, -0.25) is 24.1 Å². The lowest BCUT2D eigenvalue weighted by molar-refractivity contribution is -0.145. The lowest BCUT2D eigenvalue weighted by Crippen LogP contribution is -2.43. The molecule has 8 heteroatoms. The third-order valence-corrected chi connectivity index (χ3v) is 5.03. The predicted molar refractivity (Wildman–Crippen MR) is 108 cm³/mol. The number of nitrogens with zero attached hydrogens (tertiary/aromatic N) is 2. The number of rotatable bonds is 5. The van der Waals surface area contributed by atoms with Crippen molar-refractivity contribution in [3.63, 3.8) is 0 Å². The number of ether oxygens (including phenoxy) is 1. The Morgan fingerprint density at radius 3 is 2.77 bits per heavy atom. The Morgan fingerprint density at radius 2 is 1.93 bits per heavy atom. The maximum absolute atomic E-state index is 12.5. The third-order valence-electron chi connectivity index (χ3n) is 5.03. The van der Waals surface area contributed by atoms with Gasteiger partial charge in [-0.15, -0.1) is 0 Å². The fraction of sp³-hybridized carbons (Fsp3) is 0.227. The van der Waals surface area contributed by atoms with E-state index in [-0.39, 0.29) is 43.3 Å². The highest BCUT2D eigenvalue weighted by atomic mass is 16.5. The van der Waals surface area contributed by atoms with Gasteiger partial charge in [0.1, 0.15) is 12.4 Å². The van der Waals surface area contributed by atoms with E-state index in [4.69, 9.17) is 4.74 Å². The maximum Gasteiger partial charge on any atom is 0.308 e. The molecule has 2 heterocycles. The number of benzene rings is 2. The number of fused-ring (bicyclic) bond motifs is 2. The second kappa shape index (κ2) is 7.90. The van der Waals surface area contributed by atoms with Gasteiger partial charge in [0.2, 0.25) is 5.91 Å². The van der Waals surface area contributed by atoms with Crippen LogP contribution in [0.1, 0.15) is 33.7 Å². The summed E-state index contributed by atoms with van der Waals surface area (Å²) in [5, 5.41) is 0.465. The van der Waals surface area contributed by atoms with Crippen LogP contribution in [0.25, 0.3) is 10.9 Å². The number of esters is 1. The molecule has 0 atom stereocenters. The molecule has 1 aromatic heterocycles. The third kappa shape index (κ3) is 3.71. The van der Waals surface area contributed by atoms with E-state index in [0.29, 0.717) is 22.0 Å². The quantitative estimate of drug-likeness (QED) is 0.513. The van der Waals surface area contributed by atoms with Gasteiger partial charge in [-0.2, -0.15) is 0 Å². The van der Waals surface area contributed by atoms with Crippen molar-refractivity contribution in [2.45, 2.75) is 26.4 Å². The van der Waals surface area contributed by atoms with Gasteiger partial charge in [-0.25, -0.2) is 4.98 Å². The van der Waals surface area contributed by atoms with E-state index in [0.717, 1.165) is 10.5 Å². The topological polar surface area (TPSA) is 109 Å². The predicted octanol–water partition coefficient (Wildman–Crippen LogP) is 1.89. The zero-order chi connectivity index (χ0) is 21.3. The lowest BCUT2D eigenvalue weighted by Gasteiger charge is -2.26. The smallest absolute Gasteiger partial charge is 0.308 e. The molecule has 1 aliphatic heterocycles. The Balaban J connectivity index is 1.39. The van der Waals surface area contributed by atoms with Gasteiger partial charge < -0.3 is 9.72 Å². The Morgan fingerprint density at radius 1 is 1.13 bits per heavy atom. The normalized spacial score (nSPS) is 13.4. The Bertz CT molecular complexity index is 1230. The van der Waals surface area contributed by atoms with E-state index in [9.17, 15) is 19.2 Å². The molecule has 4 rings (SSSR count). The van der Waals surface area contributed by atoms with Crippen LogP contribution in [0.2, 0.25) is 0 Å². The summed E-state index contributed by atoms with van der Waals surface area (Å²) in [6, 6.07) is 12.2. The first kappa shape index (κ1) is 19.5. The van der Waals surface area contributed by atoms with Crippen molar-refractivity contribution in [2.75, 3.05) is 6.54 Å². The fourth-order valence-electron chi connectivity index (χ4n) is 3.47. The molecule has 0 radical (unpaired) electrons. The van der Waals surface area contributed by atoms with Gasteiger partial charge in [0, 0.05) is 12.1 Å². The molecule has 1 N–H and O–H groups in total. The second-order valence-corrected chi connectivity index (χ2v) is 7.08. The van der Waals surface area contributed by atoms with Gasteiger partial charge in [0.05, 0.1) is 23.7 Å². The Hall–Kier alpha value is -3.81. The van der Waals surface area contributed by atoms with E-state index in [1.54, 1.807) is 36.4 Å². The molecule has 0 unspecified atom stereocenters. The number of carbonyl (C=O) groups is 3. The van der Waals surface area contributed by atoms with Crippen molar-refractivity contribution in [3.05, 3.63) is 75.3 Å². The van der Waals surface area contributed by atoms with E-state index in [1.807, 2.05) is 13.0 Å². The van der Waals surface area contributed by atoms with Crippen LogP contribution >= 0.6 is 0 Å².